The van der Waals surface area contributed by atoms with E-state index in [0.717, 1.165) is 31.9 Å². The van der Waals surface area contributed by atoms with Gasteiger partial charge in [-0.05, 0) is 29.8 Å². The molecule has 0 atom stereocenters. The highest BCUT2D eigenvalue weighted by atomic mass is 79.9. The Balaban J connectivity index is 1.93. The molecule has 0 radical (unpaired) electrons. The number of nitrogens with zero attached hydrogens (tertiary/aromatic N) is 1. The SMILES string of the molecule is COc1cc(OC)c2c(-c3ccc(Br)cc3)c(-c3cc4ccccc4n3C(C)=O)oc2c1. The van der Waals surface area contributed by atoms with Crippen LogP contribution < -0.4 is 9.47 Å². The topological polar surface area (TPSA) is 53.6 Å². The lowest BCUT2D eigenvalue weighted by Crippen LogP contribution is -2.06. The number of hydrogen-bond donors (Lipinski definition) is 0. The Hall–Kier alpha value is -3.51. The van der Waals surface area contributed by atoms with E-state index in [4.69, 9.17) is 13.9 Å². The van der Waals surface area contributed by atoms with Gasteiger partial charge in [0.2, 0.25) is 5.91 Å². The summed E-state index contributed by atoms with van der Waals surface area (Å²) < 4.78 is 20.3. The molecule has 0 bridgehead atoms. The highest BCUT2D eigenvalue weighted by molar-refractivity contribution is 9.10. The summed E-state index contributed by atoms with van der Waals surface area (Å²) in [6, 6.07) is 21.5. The van der Waals surface area contributed by atoms with E-state index < -0.39 is 0 Å². The van der Waals surface area contributed by atoms with Crippen molar-refractivity contribution in [1.29, 1.82) is 0 Å². The van der Waals surface area contributed by atoms with Crippen molar-refractivity contribution in [3.05, 3.63) is 71.2 Å². The van der Waals surface area contributed by atoms with Crippen molar-refractivity contribution in [1.82, 2.24) is 4.57 Å². The summed E-state index contributed by atoms with van der Waals surface area (Å²) in [6.07, 6.45) is 0. The summed E-state index contributed by atoms with van der Waals surface area (Å²) in [4.78, 5) is 12.7. The van der Waals surface area contributed by atoms with Gasteiger partial charge in [0.15, 0.2) is 5.76 Å². The number of aromatic nitrogens is 1. The summed E-state index contributed by atoms with van der Waals surface area (Å²) in [5.41, 5.74) is 3.95. The summed E-state index contributed by atoms with van der Waals surface area (Å²) >= 11 is 3.51. The van der Waals surface area contributed by atoms with Crippen LogP contribution in [-0.4, -0.2) is 24.7 Å². The lowest BCUT2D eigenvalue weighted by molar-refractivity contribution is 0.0943. The Bertz CT molecular complexity index is 1480. The second-order valence-corrected chi connectivity index (χ2v) is 8.37. The Morgan fingerprint density at radius 1 is 0.969 bits per heavy atom. The maximum atomic E-state index is 12.7. The zero-order chi connectivity index (χ0) is 22.4. The number of halogens is 1. The van der Waals surface area contributed by atoms with Gasteiger partial charge >= 0.3 is 0 Å². The number of ether oxygens (including phenoxy) is 2. The summed E-state index contributed by atoms with van der Waals surface area (Å²) in [5.74, 6) is 1.77. The first-order valence-corrected chi connectivity index (χ1v) is 10.9. The first-order valence-electron chi connectivity index (χ1n) is 10.1. The minimum absolute atomic E-state index is 0.0899. The molecule has 32 heavy (non-hydrogen) atoms. The number of methoxy groups -OCH3 is 2. The number of benzene rings is 3. The van der Waals surface area contributed by atoms with Gasteiger partial charge in [-0.15, -0.1) is 0 Å². The van der Waals surface area contributed by atoms with Crippen molar-refractivity contribution >= 4 is 43.7 Å². The number of fused-ring (bicyclic) bond motifs is 2. The van der Waals surface area contributed by atoms with Crippen LogP contribution in [0.1, 0.15) is 11.7 Å². The van der Waals surface area contributed by atoms with E-state index in [1.54, 1.807) is 25.7 Å². The van der Waals surface area contributed by atoms with Gasteiger partial charge in [0.25, 0.3) is 0 Å². The quantitative estimate of drug-likeness (QED) is 0.268. The molecule has 0 aliphatic rings. The second-order valence-electron chi connectivity index (χ2n) is 7.46. The minimum atomic E-state index is -0.0899. The van der Waals surface area contributed by atoms with Crippen LogP contribution in [0, 0.1) is 0 Å². The van der Waals surface area contributed by atoms with Crippen LogP contribution >= 0.6 is 15.9 Å². The van der Waals surface area contributed by atoms with E-state index in [2.05, 4.69) is 15.9 Å². The van der Waals surface area contributed by atoms with Crippen molar-refractivity contribution in [2.45, 2.75) is 6.92 Å². The van der Waals surface area contributed by atoms with Gasteiger partial charge in [-0.25, -0.2) is 0 Å². The fraction of sp³-hybridized carbons (Fsp3) is 0.115. The Labute approximate surface area is 193 Å². The maximum absolute atomic E-state index is 12.7. The van der Waals surface area contributed by atoms with Gasteiger partial charge in [-0.3, -0.25) is 9.36 Å². The Kier molecular flexibility index (Phi) is 5.02. The second kappa shape index (κ2) is 7.88. The molecule has 160 valence electrons. The van der Waals surface area contributed by atoms with Crippen LogP contribution in [0.25, 0.3) is 44.5 Å². The first kappa shape index (κ1) is 20.4. The molecule has 0 spiro atoms. The standard InChI is InChI=1S/C26H20BrNO4/c1-15(29)28-20-7-5-4-6-17(20)12-21(28)26-24(16-8-10-18(27)11-9-16)25-22(31-3)13-19(30-2)14-23(25)32-26/h4-14H,1-3H3. The molecule has 0 aliphatic heterocycles. The van der Waals surface area contributed by atoms with E-state index in [9.17, 15) is 4.79 Å². The van der Waals surface area contributed by atoms with Crippen molar-refractivity contribution in [2.24, 2.45) is 0 Å². The van der Waals surface area contributed by atoms with Gasteiger partial charge in [-0.2, -0.15) is 0 Å². The Morgan fingerprint density at radius 2 is 1.72 bits per heavy atom. The predicted molar refractivity (Wildman–Crippen MR) is 130 cm³/mol. The molecule has 2 aromatic heterocycles. The molecule has 0 saturated carbocycles. The number of para-hydroxylation sites is 1. The molecule has 0 aliphatic carbocycles. The predicted octanol–water partition coefficient (Wildman–Crippen LogP) is 7.16. The lowest BCUT2D eigenvalue weighted by atomic mass is 10.00. The molecule has 2 heterocycles. The van der Waals surface area contributed by atoms with Crippen LogP contribution in [-0.2, 0) is 0 Å². The van der Waals surface area contributed by atoms with E-state index in [1.807, 2.05) is 66.7 Å². The fourth-order valence-corrected chi connectivity index (χ4v) is 4.44. The molecular formula is C26H20BrNO4. The van der Waals surface area contributed by atoms with Crippen molar-refractivity contribution in [2.75, 3.05) is 14.2 Å². The molecule has 0 N–H and O–H groups in total. The zero-order valence-electron chi connectivity index (χ0n) is 17.8. The third-order valence-corrected chi connectivity index (χ3v) is 6.10. The van der Waals surface area contributed by atoms with Crippen LogP contribution in [0.4, 0.5) is 0 Å². The van der Waals surface area contributed by atoms with E-state index >= 15 is 0 Å². The van der Waals surface area contributed by atoms with Crippen molar-refractivity contribution < 1.29 is 18.7 Å². The molecule has 3 aromatic carbocycles. The van der Waals surface area contributed by atoms with E-state index in [1.165, 1.54) is 0 Å². The van der Waals surface area contributed by atoms with Crippen LogP contribution in [0.15, 0.2) is 75.6 Å². The van der Waals surface area contributed by atoms with Gasteiger partial charge in [0.1, 0.15) is 17.1 Å². The van der Waals surface area contributed by atoms with Crippen LogP contribution in [0.3, 0.4) is 0 Å². The summed E-state index contributed by atoms with van der Waals surface area (Å²) in [7, 11) is 3.23. The molecule has 5 aromatic rings. The van der Waals surface area contributed by atoms with E-state index in [-0.39, 0.29) is 5.91 Å². The molecule has 0 unspecified atom stereocenters. The number of rotatable bonds is 4. The Morgan fingerprint density at radius 3 is 2.41 bits per heavy atom. The van der Waals surface area contributed by atoms with Crippen molar-refractivity contribution in [3.8, 4) is 34.1 Å². The van der Waals surface area contributed by atoms with E-state index in [0.29, 0.717) is 28.5 Å². The normalized spacial score (nSPS) is 11.2. The monoisotopic (exact) mass is 489 g/mol. The molecule has 5 rings (SSSR count). The molecule has 6 heteroatoms. The smallest absolute Gasteiger partial charge is 0.228 e. The minimum Gasteiger partial charge on any atom is -0.496 e. The van der Waals surface area contributed by atoms with Gasteiger partial charge in [0.05, 0.1) is 30.8 Å². The largest absolute Gasteiger partial charge is 0.496 e. The number of carbonyl (C=O) groups is 1. The molecule has 0 fully saturated rings. The molecule has 5 nitrogen and oxygen atoms in total. The molecule has 0 amide bonds. The van der Waals surface area contributed by atoms with Crippen LogP contribution in [0.2, 0.25) is 0 Å². The third-order valence-electron chi connectivity index (χ3n) is 5.58. The summed E-state index contributed by atoms with van der Waals surface area (Å²) in [5, 5.41) is 1.79. The number of furan rings is 1. The maximum Gasteiger partial charge on any atom is 0.228 e. The molecular weight excluding hydrogens is 470 g/mol. The third kappa shape index (κ3) is 3.19. The number of carbonyl (C=O) groups excluding carboxylic acids is 1. The molecule has 0 saturated heterocycles. The highest BCUT2D eigenvalue weighted by Gasteiger charge is 2.26. The number of hydrogen-bond acceptors (Lipinski definition) is 4. The van der Waals surface area contributed by atoms with Gasteiger partial charge in [-0.1, -0.05) is 46.3 Å². The fourth-order valence-electron chi connectivity index (χ4n) is 4.18. The van der Waals surface area contributed by atoms with Gasteiger partial charge in [0, 0.05) is 34.5 Å². The lowest BCUT2D eigenvalue weighted by Gasteiger charge is -2.09. The van der Waals surface area contributed by atoms with Crippen LogP contribution in [0.5, 0.6) is 11.5 Å². The van der Waals surface area contributed by atoms with Crippen molar-refractivity contribution in [3.63, 3.8) is 0 Å². The average molecular weight is 490 g/mol. The first-order chi connectivity index (χ1) is 15.5. The summed E-state index contributed by atoms with van der Waals surface area (Å²) in [6.45, 7) is 1.56. The zero-order valence-corrected chi connectivity index (χ0v) is 19.4. The highest BCUT2D eigenvalue weighted by Crippen LogP contribution is 2.47. The average Bonchev–Trinajstić information content (AvgIpc) is 3.37. The van der Waals surface area contributed by atoms with Gasteiger partial charge < -0.3 is 13.9 Å².